The normalized spacial score (nSPS) is 11.9. The molecular weight excluding hydrogens is 347 g/mol. The molecule has 0 aliphatic carbocycles. The Bertz CT molecular complexity index is 835. The smallest absolute Gasteiger partial charge is 0.418 e. The van der Waals surface area contributed by atoms with Gasteiger partial charge < -0.3 is 9.47 Å². The Morgan fingerprint density at radius 3 is 2.25 bits per heavy atom. The molecule has 0 unspecified atom stereocenters. The predicted octanol–water partition coefficient (Wildman–Crippen LogP) is 3.52. The van der Waals surface area contributed by atoms with Gasteiger partial charge in [-0.2, -0.15) is 13.2 Å². The summed E-state index contributed by atoms with van der Waals surface area (Å²) in [6.07, 6.45) is -4.69. The van der Waals surface area contributed by atoms with Crippen LogP contribution in [-0.4, -0.2) is 22.6 Å². The molecule has 0 amide bonds. The Kier molecular flexibility index (Phi) is 4.93. The van der Waals surface area contributed by atoms with Gasteiger partial charge in [0.25, 0.3) is 10.0 Å². The molecule has 0 saturated heterocycles. The van der Waals surface area contributed by atoms with Crippen molar-refractivity contribution in [1.82, 2.24) is 0 Å². The van der Waals surface area contributed by atoms with Crippen LogP contribution in [0, 0.1) is 0 Å². The first kappa shape index (κ1) is 17.9. The number of ether oxygens (including phenoxy) is 2. The predicted molar refractivity (Wildman–Crippen MR) is 81.8 cm³/mol. The van der Waals surface area contributed by atoms with Gasteiger partial charge in [-0.05, 0) is 24.3 Å². The Balaban J connectivity index is 2.47. The molecule has 2 aromatic carbocycles. The van der Waals surface area contributed by atoms with Crippen LogP contribution >= 0.6 is 0 Å². The molecule has 2 aromatic rings. The molecule has 1 N–H and O–H groups in total. The number of methoxy groups -OCH3 is 2. The molecule has 0 fully saturated rings. The Labute approximate surface area is 137 Å². The van der Waals surface area contributed by atoms with E-state index in [2.05, 4.69) is 0 Å². The molecule has 0 saturated carbocycles. The monoisotopic (exact) mass is 361 g/mol. The van der Waals surface area contributed by atoms with Gasteiger partial charge in [-0.3, -0.25) is 4.72 Å². The second kappa shape index (κ2) is 6.60. The van der Waals surface area contributed by atoms with Crippen molar-refractivity contribution in [2.75, 3.05) is 18.9 Å². The molecule has 0 heterocycles. The standard InChI is InChI=1S/C15H14F3NO4S/c1-22-10-7-8-14(13(9-10)23-2)24(20,21)19-12-6-4-3-5-11(12)15(16,17)18/h3-9,19H,1-2H3. The summed E-state index contributed by atoms with van der Waals surface area (Å²) in [5.74, 6) is 0.299. The average molecular weight is 361 g/mol. The number of alkyl halides is 3. The fraction of sp³-hybridized carbons (Fsp3) is 0.200. The van der Waals surface area contributed by atoms with Gasteiger partial charge in [-0.15, -0.1) is 0 Å². The number of benzene rings is 2. The second-order valence-corrected chi connectivity index (χ2v) is 6.32. The topological polar surface area (TPSA) is 64.6 Å². The van der Waals surface area contributed by atoms with Crippen molar-refractivity contribution in [3.05, 3.63) is 48.0 Å². The molecule has 0 atom stereocenters. The molecule has 5 nitrogen and oxygen atoms in total. The second-order valence-electron chi connectivity index (χ2n) is 4.67. The minimum absolute atomic E-state index is 0.0497. The van der Waals surface area contributed by atoms with Crippen LogP contribution in [0.15, 0.2) is 47.4 Å². The van der Waals surface area contributed by atoms with Gasteiger partial charge in [-0.1, -0.05) is 12.1 Å². The molecule has 24 heavy (non-hydrogen) atoms. The van der Waals surface area contributed by atoms with Gasteiger partial charge in [-0.25, -0.2) is 8.42 Å². The lowest BCUT2D eigenvalue weighted by Gasteiger charge is -2.16. The van der Waals surface area contributed by atoms with Crippen molar-refractivity contribution in [2.24, 2.45) is 0 Å². The number of nitrogens with one attached hydrogen (secondary N) is 1. The van der Waals surface area contributed by atoms with Crippen molar-refractivity contribution in [3.63, 3.8) is 0 Å². The molecule has 0 spiro atoms. The van der Waals surface area contributed by atoms with Crippen molar-refractivity contribution in [1.29, 1.82) is 0 Å². The van der Waals surface area contributed by atoms with Gasteiger partial charge in [0.1, 0.15) is 16.4 Å². The highest BCUT2D eigenvalue weighted by atomic mass is 32.2. The summed E-state index contributed by atoms with van der Waals surface area (Å²) in [6, 6.07) is 8.19. The zero-order valence-corrected chi connectivity index (χ0v) is 13.5. The highest BCUT2D eigenvalue weighted by Crippen LogP contribution is 2.36. The zero-order chi connectivity index (χ0) is 18.0. The van der Waals surface area contributed by atoms with Crippen molar-refractivity contribution in [3.8, 4) is 11.5 Å². The van der Waals surface area contributed by atoms with E-state index in [4.69, 9.17) is 9.47 Å². The summed E-state index contributed by atoms with van der Waals surface area (Å²) in [7, 11) is -1.66. The van der Waals surface area contributed by atoms with E-state index in [0.717, 1.165) is 12.1 Å². The quantitative estimate of drug-likeness (QED) is 0.885. The highest BCUT2D eigenvalue weighted by Gasteiger charge is 2.34. The van der Waals surface area contributed by atoms with Crippen molar-refractivity contribution >= 4 is 15.7 Å². The first-order chi connectivity index (χ1) is 11.2. The molecular formula is C15H14F3NO4S. The number of rotatable bonds is 5. The van der Waals surface area contributed by atoms with Crippen LogP contribution in [0.25, 0.3) is 0 Å². The molecule has 9 heteroatoms. The van der Waals surface area contributed by atoms with Crippen LogP contribution < -0.4 is 14.2 Å². The largest absolute Gasteiger partial charge is 0.497 e. The highest BCUT2D eigenvalue weighted by molar-refractivity contribution is 7.92. The summed E-state index contributed by atoms with van der Waals surface area (Å²) >= 11 is 0. The lowest BCUT2D eigenvalue weighted by molar-refractivity contribution is -0.136. The maximum atomic E-state index is 13.0. The number of hydrogen-bond acceptors (Lipinski definition) is 4. The van der Waals surface area contributed by atoms with E-state index in [0.29, 0.717) is 5.75 Å². The Morgan fingerprint density at radius 2 is 1.67 bits per heavy atom. The first-order valence-electron chi connectivity index (χ1n) is 6.60. The zero-order valence-electron chi connectivity index (χ0n) is 12.7. The van der Waals surface area contributed by atoms with Crippen LogP contribution in [0.2, 0.25) is 0 Å². The minimum Gasteiger partial charge on any atom is -0.497 e. The summed E-state index contributed by atoms with van der Waals surface area (Å²) in [5, 5.41) is 0. The molecule has 0 aromatic heterocycles. The first-order valence-corrected chi connectivity index (χ1v) is 8.08. The third-order valence-corrected chi connectivity index (χ3v) is 4.54. The molecule has 2 rings (SSSR count). The summed E-state index contributed by atoms with van der Waals surface area (Å²) in [4.78, 5) is -0.303. The van der Waals surface area contributed by atoms with Gasteiger partial charge in [0.2, 0.25) is 0 Å². The van der Waals surface area contributed by atoms with Gasteiger partial charge in [0.05, 0.1) is 25.5 Å². The Morgan fingerprint density at radius 1 is 1.00 bits per heavy atom. The summed E-state index contributed by atoms with van der Waals surface area (Å²) in [5.41, 5.74) is -1.65. The Hall–Kier alpha value is -2.42. The minimum atomic E-state index is -4.69. The number of halogens is 3. The van der Waals surface area contributed by atoms with Crippen molar-refractivity contribution in [2.45, 2.75) is 11.1 Å². The SMILES string of the molecule is COc1ccc(S(=O)(=O)Nc2ccccc2C(F)(F)F)c(OC)c1. The van der Waals surface area contributed by atoms with Crippen LogP contribution in [0.4, 0.5) is 18.9 Å². The molecule has 0 aliphatic rings. The van der Waals surface area contributed by atoms with Gasteiger partial charge in [0, 0.05) is 6.07 Å². The fourth-order valence-electron chi connectivity index (χ4n) is 2.02. The maximum Gasteiger partial charge on any atom is 0.418 e. The molecule has 0 bridgehead atoms. The average Bonchev–Trinajstić information content (AvgIpc) is 2.53. The van der Waals surface area contributed by atoms with E-state index in [1.165, 1.54) is 44.6 Å². The molecule has 130 valence electrons. The van der Waals surface area contributed by atoms with Crippen LogP contribution in [0.3, 0.4) is 0 Å². The molecule has 0 radical (unpaired) electrons. The maximum absolute atomic E-state index is 13.0. The van der Waals surface area contributed by atoms with E-state index < -0.39 is 27.5 Å². The number of hydrogen-bond donors (Lipinski definition) is 1. The number of para-hydroxylation sites is 1. The van der Waals surface area contributed by atoms with E-state index in [-0.39, 0.29) is 10.6 Å². The number of anilines is 1. The van der Waals surface area contributed by atoms with Crippen LogP contribution in [0.1, 0.15) is 5.56 Å². The third kappa shape index (κ3) is 3.73. The lowest BCUT2D eigenvalue weighted by Crippen LogP contribution is -2.17. The number of sulfonamides is 1. The van der Waals surface area contributed by atoms with Crippen molar-refractivity contribution < 1.29 is 31.1 Å². The molecule has 0 aliphatic heterocycles. The van der Waals surface area contributed by atoms with E-state index >= 15 is 0 Å². The van der Waals surface area contributed by atoms with E-state index in [1.807, 2.05) is 4.72 Å². The van der Waals surface area contributed by atoms with Gasteiger partial charge >= 0.3 is 6.18 Å². The fourth-order valence-corrected chi connectivity index (χ4v) is 3.25. The van der Waals surface area contributed by atoms with E-state index in [9.17, 15) is 21.6 Å². The summed E-state index contributed by atoms with van der Waals surface area (Å²) < 4.78 is 75.8. The van der Waals surface area contributed by atoms with E-state index in [1.54, 1.807) is 0 Å². The third-order valence-electron chi connectivity index (χ3n) is 3.14. The van der Waals surface area contributed by atoms with Crippen LogP contribution in [0.5, 0.6) is 11.5 Å². The summed E-state index contributed by atoms with van der Waals surface area (Å²) in [6.45, 7) is 0. The lowest BCUT2D eigenvalue weighted by atomic mass is 10.2. The van der Waals surface area contributed by atoms with Crippen LogP contribution in [-0.2, 0) is 16.2 Å². The van der Waals surface area contributed by atoms with Gasteiger partial charge in [0.15, 0.2) is 0 Å².